The zero-order valence-electron chi connectivity index (χ0n) is 6.69. The van der Waals surface area contributed by atoms with Crippen molar-refractivity contribution in [2.75, 3.05) is 19.8 Å². The first kappa shape index (κ1) is 11.4. The van der Waals surface area contributed by atoms with Gasteiger partial charge in [0.25, 0.3) is 0 Å². The Bertz CT molecular complexity index is 213. The van der Waals surface area contributed by atoms with Crippen LogP contribution in [0.1, 0.15) is 0 Å². The van der Waals surface area contributed by atoms with E-state index in [2.05, 4.69) is 9.47 Å². The molecule has 7 nitrogen and oxygen atoms in total. The van der Waals surface area contributed by atoms with Crippen LogP contribution in [0.15, 0.2) is 0 Å². The monoisotopic (exact) mass is 191 g/mol. The van der Waals surface area contributed by atoms with Crippen molar-refractivity contribution in [3.63, 3.8) is 0 Å². The molecule has 13 heavy (non-hydrogen) atoms. The second kappa shape index (κ2) is 5.95. The normalized spacial score (nSPS) is 9.00. The van der Waals surface area contributed by atoms with Gasteiger partial charge in [-0.25, -0.2) is 9.59 Å². The highest BCUT2D eigenvalue weighted by Gasteiger charge is 2.08. The molecule has 7 heteroatoms. The molecule has 0 aliphatic heterocycles. The number of hydrogen-bond acceptors (Lipinski definition) is 6. The maximum atomic E-state index is 10.6. The van der Waals surface area contributed by atoms with Gasteiger partial charge in [0.2, 0.25) is 0 Å². The number of nitrogens with two attached hydrogens (primary N) is 1. The van der Waals surface area contributed by atoms with Crippen LogP contribution in [0.3, 0.4) is 0 Å². The van der Waals surface area contributed by atoms with E-state index in [1.54, 1.807) is 0 Å². The van der Waals surface area contributed by atoms with E-state index >= 15 is 0 Å². The van der Waals surface area contributed by atoms with Gasteiger partial charge in [0.05, 0.1) is 6.54 Å². The fourth-order valence-corrected chi connectivity index (χ4v) is 0.382. The lowest BCUT2D eigenvalue weighted by molar-refractivity contribution is -0.162. The second-order valence-corrected chi connectivity index (χ2v) is 1.92. The lowest BCUT2D eigenvalue weighted by Gasteiger charge is -2.02. The Balaban J connectivity index is 3.52. The third-order valence-electron chi connectivity index (χ3n) is 0.874. The molecule has 0 aromatic rings. The summed E-state index contributed by atoms with van der Waals surface area (Å²) in [5.41, 5.74) is 4.86. The number of hydrogen-bond donors (Lipinski definition) is 2. The van der Waals surface area contributed by atoms with E-state index in [-0.39, 0.29) is 6.54 Å². The minimum absolute atomic E-state index is 0.341. The van der Waals surface area contributed by atoms with Gasteiger partial charge in [-0.3, -0.25) is 4.79 Å². The number of carboxylic acid groups (broad SMARTS) is 1. The van der Waals surface area contributed by atoms with Gasteiger partial charge in [0.1, 0.15) is 0 Å². The number of carbonyl (C=O) groups excluding carboxylic acids is 2. The van der Waals surface area contributed by atoms with E-state index in [1.165, 1.54) is 0 Å². The number of carbonyl (C=O) groups is 3. The highest BCUT2D eigenvalue weighted by molar-refractivity contribution is 5.79. The SMILES string of the molecule is NCC(=O)OCC(=O)OCC(=O)O. The largest absolute Gasteiger partial charge is 0.479 e. The van der Waals surface area contributed by atoms with Crippen LogP contribution in [-0.4, -0.2) is 42.8 Å². The van der Waals surface area contributed by atoms with Gasteiger partial charge < -0.3 is 20.3 Å². The van der Waals surface area contributed by atoms with E-state index in [9.17, 15) is 14.4 Å². The lowest BCUT2D eigenvalue weighted by Crippen LogP contribution is -2.23. The maximum Gasteiger partial charge on any atom is 0.344 e. The standard InChI is InChI=1S/C6H9NO6/c7-1-5(10)13-3-6(11)12-2-4(8)9/h1-3,7H2,(H,8,9). The first-order valence-corrected chi connectivity index (χ1v) is 3.29. The minimum Gasteiger partial charge on any atom is -0.479 e. The van der Waals surface area contributed by atoms with E-state index in [4.69, 9.17) is 10.8 Å². The molecule has 0 aromatic carbocycles. The molecule has 0 unspecified atom stereocenters. The molecule has 0 heterocycles. The fourth-order valence-electron chi connectivity index (χ4n) is 0.382. The van der Waals surface area contributed by atoms with Crippen molar-refractivity contribution in [3.8, 4) is 0 Å². The van der Waals surface area contributed by atoms with Crippen LogP contribution in [0.2, 0.25) is 0 Å². The summed E-state index contributed by atoms with van der Waals surface area (Å²) in [5, 5.41) is 8.08. The molecule has 0 fully saturated rings. The van der Waals surface area contributed by atoms with Crippen LogP contribution in [0.5, 0.6) is 0 Å². The average molecular weight is 191 g/mol. The Morgan fingerprint density at radius 3 is 2.08 bits per heavy atom. The van der Waals surface area contributed by atoms with Crippen molar-refractivity contribution in [2.45, 2.75) is 0 Å². The first-order valence-electron chi connectivity index (χ1n) is 3.29. The van der Waals surface area contributed by atoms with Gasteiger partial charge in [0, 0.05) is 0 Å². The summed E-state index contributed by atoms with van der Waals surface area (Å²) in [6, 6.07) is 0. The molecule has 0 rings (SSSR count). The highest BCUT2D eigenvalue weighted by atomic mass is 16.6. The quantitative estimate of drug-likeness (QED) is 0.488. The molecule has 0 aliphatic rings. The van der Waals surface area contributed by atoms with Crippen molar-refractivity contribution in [1.29, 1.82) is 0 Å². The molecular weight excluding hydrogens is 182 g/mol. The minimum atomic E-state index is -1.28. The van der Waals surface area contributed by atoms with Gasteiger partial charge in [-0.05, 0) is 0 Å². The topological polar surface area (TPSA) is 116 Å². The zero-order valence-corrected chi connectivity index (χ0v) is 6.69. The molecule has 0 bridgehead atoms. The van der Waals surface area contributed by atoms with Gasteiger partial charge in [-0.2, -0.15) is 0 Å². The Hall–Kier alpha value is -1.63. The molecule has 0 atom stereocenters. The molecule has 0 aliphatic carbocycles. The predicted molar refractivity (Wildman–Crippen MR) is 38.6 cm³/mol. The summed E-state index contributed by atoms with van der Waals surface area (Å²) < 4.78 is 8.40. The Kier molecular flexibility index (Phi) is 5.20. The molecule has 3 N–H and O–H groups in total. The van der Waals surface area contributed by atoms with Crippen LogP contribution < -0.4 is 5.73 Å². The van der Waals surface area contributed by atoms with Crippen molar-refractivity contribution in [2.24, 2.45) is 5.73 Å². The van der Waals surface area contributed by atoms with Crippen molar-refractivity contribution < 1.29 is 29.0 Å². The number of aliphatic carboxylic acids is 1. The van der Waals surface area contributed by atoms with Gasteiger partial charge >= 0.3 is 17.9 Å². The van der Waals surface area contributed by atoms with Crippen molar-refractivity contribution in [1.82, 2.24) is 0 Å². The summed E-state index contributed by atoms with van der Waals surface area (Å²) in [6.07, 6.45) is 0. The van der Waals surface area contributed by atoms with Crippen LogP contribution >= 0.6 is 0 Å². The molecule has 74 valence electrons. The van der Waals surface area contributed by atoms with E-state index in [0.717, 1.165) is 0 Å². The van der Waals surface area contributed by atoms with E-state index < -0.39 is 31.1 Å². The highest BCUT2D eigenvalue weighted by Crippen LogP contribution is 1.82. The summed E-state index contributed by atoms with van der Waals surface area (Å²) >= 11 is 0. The summed E-state index contributed by atoms with van der Waals surface area (Å²) in [6.45, 7) is -1.71. The lowest BCUT2D eigenvalue weighted by atomic mass is 10.6. The molecule has 0 saturated carbocycles. The second-order valence-electron chi connectivity index (χ2n) is 1.92. The zero-order chi connectivity index (χ0) is 10.3. The van der Waals surface area contributed by atoms with E-state index in [1.807, 2.05) is 0 Å². The number of carboxylic acids is 1. The number of rotatable bonds is 5. The van der Waals surface area contributed by atoms with Crippen LogP contribution in [0, 0.1) is 0 Å². The Morgan fingerprint density at radius 2 is 1.62 bits per heavy atom. The third kappa shape index (κ3) is 6.76. The predicted octanol–water partition coefficient (Wildman–Crippen LogP) is -1.88. The molecule has 0 saturated heterocycles. The van der Waals surface area contributed by atoms with Gasteiger partial charge in [0.15, 0.2) is 13.2 Å². The smallest absolute Gasteiger partial charge is 0.344 e. The average Bonchev–Trinajstić information content (AvgIpc) is 2.10. The van der Waals surface area contributed by atoms with Crippen LogP contribution in [0.4, 0.5) is 0 Å². The number of ether oxygens (including phenoxy) is 2. The fraction of sp³-hybridized carbons (Fsp3) is 0.500. The molecule has 0 aromatic heterocycles. The first-order chi connectivity index (χ1) is 6.06. The molecule has 0 radical (unpaired) electrons. The summed E-state index contributed by atoms with van der Waals surface area (Å²) in [5.74, 6) is -2.96. The van der Waals surface area contributed by atoms with Crippen molar-refractivity contribution >= 4 is 17.9 Å². The third-order valence-corrected chi connectivity index (χ3v) is 0.874. The van der Waals surface area contributed by atoms with Gasteiger partial charge in [-0.15, -0.1) is 0 Å². The molecule has 0 amide bonds. The summed E-state index contributed by atoms with van der Waals surface area (Å²) in [4.78, 5) is 30.8. The van der Waals surface area contributed by atoms with E-state index in [0.29, 0.717) is 0 Å². The maximum absolute atomic E-state index is 10.6. The number of esters is 2. The molecular formula is C6H9NO6. The van der Waals surface area contributed by atoms with Crippen LogP contribution in [0.25, 0.3) is 0 Å². The van der Waals surface area contributed by atoms with Gasteiger partial charge in [-0.1, -0.05) is 0 Å². The Labute approximate surface area is 73.4 Å². The summed E-state index contributed by atoms with van der Waals surface area (Å²) in [7, 11) is 0. The van der Waals surface area contributed by atoms with Crippen molar-refractivity contribution in [3.05, 3.63) is 0 Å². The Morgan fingerprint density at radius 1 is 1.08 bits per heavy atom. The van der Waals surface area contributed by atoms with Crippen LogP contribution in [-0.2, 0) is 23.9 Å². The molecule has 0 spiro atoms.